The van der Waals surface area contributed by atoms with Gasteiger partial charge in [-0.2, -0.15) is 13.2 Å². The zero-order valence-corrected chi connectivity index (χ0v) is 15.2. The molecule has 1 N–H and O–H groups in total. The van der Waals surface area contributed by atoms with Gasteiger partial charge in [0.15, 0.2) is 0 Å². The number of anilines is 1. The van der Waals surface area contributed by atoms with Crippen molar-refractivity contribution in [2.24, 2.45) is 0 Å². The second-order valence-corrected chi connectivity index (χ2v) is 8.70. The fourth-order valence-corrected chi connectivity index (χ4v) is 3.80. The first kappa shape index (κ1) is 19.0. The summed E-state index contributed by atoms with van der Waals surface area (Å²) in [6.07, 6.45) is 0. The number of rotatable bonds is 5. The van der Waals surface area contributed by atoms with Crippen molar-refractivity contribution in [1.82, 2.24) is 0 Å². The lowest BCUT2D eigenvalue weighted by Crippen LogP contribution is -2.03. The minimum atomic E-state index is -4.35. The lowest BCUT2D eigenvalue weighted by atomic mass is 10.2. The Morgan fingerprint density at radius 1 is 1.17 bits per heavy atom. The number of thioether (sulfide) groups is 1. The third-order valence-corrected chi connectivity index (χ3v) is 5.04. The average Bonchev–Trinajstić information content (AvgIpc) is 2.43. The topological polar surface area (TPSA) is 38.3 Å². The van der Waals surface area contributed by atoms with E-state index in [1.807, 2.05) is 6.92 Å². The molecule has 0 fully saturated rings. The molecule has 0 aliphatic carbocycles. The monoisotopic (exact) mass is 395 g/mol. The summed E-state index contributed by atoms with van der Waals surface area (Å²) in [4.78, 5) is 0.0432. The maximum Gasteiger partial charge on any atom is 0.446 e. The van der Waals surface area contributed by atoms with E-state index in [0.29, 0.717) is 10.7 Å². The van der Waals surface area contributed by atoms with E-state index in [4.69, 9.17) is 16.1 Å². The Balaban J connectivity index is 2.08. The van der Waals surface area contributed by atoms with Crippen LogP contribution in [0.1, 0.15) is 5.56 Å². The predicted octanol–water partition coefficient (Wildman–Crippen LogP) is 6.57. The molecule has 0 amide bonds. The third-order valence-electron chi connectivity index (χ3n) is 2.78. The van der Waals surface area contributed by atoms with Gasteiger partial charge in [-0.25, -0.2) is 0 Å². The number of benzene rings is 2. The normalized spacial score (nSPS) is 14.1. The number of alkyl halides is 3. The summed E-state index contributed by atoms with van der Waals surface area (Å²) in [5.74, 6) is 0.277. The van der Waals surface area contributed by atoms with E-state index in [1.165, 1.54) is 30.9 Å². The van der Waals surface area contributed by atoms with Gasteiger partial charge < -0.3 is 9.61 Å². The van der Waals surface area contributed by atoms with Gasteiger partial charge in [0.25, 0.3) is 0 Å². The molecule has 0 spiro atoms. The highest BCUT2D eigenvalue weighted by Gasteiger charge is 2.29. The molecule has 0 aromatic heterocycles. The molecule has 2 aromatic rings. The lowest BCUT2D eigenvalue weighted by molar-refractivity contribution is -0.0328. The molecule has 0 saturated heterocycles. The Labute approximate surface area is 147 Å². The third kappa shape index (κ3) is 5.96. The van der Waals surface area contributed by atoms with E-state index in [0.717, 1.165) is 5.56 Å². The molecule has 130 valence electrons. The Morgan fingerprint density at radius 2 is 1.79 bits per heavy atom. The van der Waals surface area contributed by atoms with E-state index in [-0.39, 0.29) is 22.4 Å². The fraction of sp³-hybridized carbons (Fsp3) is 0.200. The molecule has 0 saturated carbocycles. The number of nitrogens with one attached hydrogen (secondary N) is 1. The van der Waals surface area contributed by atoms with Gasteiger partial charge >= 0.3 is 13.0 Å². The van der Waals surface area contributed by atoms with Crippen LogP contribution in [0.5, 0.6) is 5.75 Å². The zero-order chi connectivity index (χ0) is 18.0. The van der Waals surface area contributed by atoms with Crippen LogP contribution in [0.15, 0.2) is 47.4 Å². The van der Waals surface area contributed by atoms with Crippen LogP contribution >= 0.6 is 30.9 Å². The van der Waals surface area contributed by atoms with E-state index in [2.05, 4.69) is 5.09 Å². The molecule has 3 nitrogen and oxygen atoms in total. The van der Waals surface area contributed by atoms with Crippen LogP contribution in [0.3, 0.4) is 0 Å². The van der Waals surface area contributed by atoms with Crippen molar-refractivity contribution in [2.75, 3.05) is 11.8 Å². The minimum Gasteiger partial charge on any atom is -0.427 e. The molecule has 2 aromatic carbocycles. The summed E-state index contributed by atoms with van der Waals surface area (Å²) in [6.45, 7) is 3.21. The fourth-order valence-electron chi connectivity index (χ4n) is 1.86. The summed E-state index contributed by atoms with van der Waals surface area (Å²) >= 11 is 5.79. The van der Waals surface area contributed by atoms with Crippen LogP contribution in [0, 0.1) is 6.92 Å². The van der Waals surface area contributed by atoms with Crippen LogP contribution in [0.2, 0.25) is 5.02 Å². The van der Waals surface area contributed by atoms with Crippen molar-refractivity contribution < 1.29 is 22.3 Å². The van der Waals surface area contributed by atoms with E-state index in [1.54, 1.807) is 18.2 Å². The first-order valence-corrected chi connectivity index (χ1v) is 9.98. The number of aryl methyl sites for hydroxylation is 1. The molecule has 1 unspecified atom stereocenters. The Kier molecular flexibility index (Phi) is 5.78. The molecule has 0 aliphatic heterocycles. The van der Waals surface area contributed by atoms with Gasteiger partial charge in [0, 0.05) is 17.2 Å². The Bertz CT molecular complexity index is 768. The average molecular weight is 396 g/mol. The molecule has 0 heterocycles. The van der Waals surface area contributed by atoms with Gasteiger partial charge in [-0.1, -0.05) is 17.7 Å². The lowest BCUT2D eigenvalue weighted by Gasteiger charge is -2.18. The van der Waals surface area contributed by atoms with E-state index in [9.17, 15) is 17.7 Å². The molecule has 2 rings (SSSR count). The molecule has 24 heavy (non-hydrogen) atoms. The zero-order valence-electron chi connectivity index (χ0n) is 12.7. The maximum atomic E-state index is 12.6. The van der Waals surface area contributed by atoms with Crippen LogP contribution in [0.4, 0.5) is 18.9 Å². The highest BCUT2D eigenvalue weighted by Crippen LogP contribution is 2.46. The highest BCUT2D eigenvalue weighted by atomic mass is 35.5. The highest BCUT2D eigenvalue weighted by molar-refractivity contribution is 8.00. The summed E-state index contributed by atoms with van der Waals surface area (Å²) in [7, 11) is -3.30. The van der Waals surface area contributed by atoms with Crippen molar-refractivity contribution in [1.29, 1.82) is 0 Å². The summed E-state index contributed by atoms with van der Waals surface area (Å²) in [5.41, 5.74) is -3.07. The van der Waals surface area contributed by atoms with Crippen LogP contribution in [-0.2, 0) is 4.57 Å². The van der Waals surface area contributed by atoms with Crippen molar-refractivity contribution >= 4 is 36.6 Å². The first-order chi connectivity index (χ1) is 11.0. The number of hydrogen-bond acceptors (Lipinski definition) is 3. The SMILES string of the molecule is Cc1ccc(Cl)c(OP(C)(=O)Nc2ccc(SC(F)(F)F)cc2)c1. The van der Waals surface area contributed by atoms with Gasteiger partial charge in [-0.05, 0) is 60.6 Å². The number of halogens is 4. The van der Waals surface area contributed by atoms with Crippen molar-refractivity contribution in [3.63, 3.8) is 0 Å². The van der Waals surface area contributed by atoms with E-state index < -0.39 is 13.0 Å². The Morgan fingerprint density at radius 3 is 2.38 bits per heavy atom. The predicted molar refractivity (Wildman–Crippen MR) is 92.3 cm³/mol. The number of hydrogen-bond donors (Lipinski definition) is 1. The minimum absolute atomic E-state index is 0.0432. The second kappa shape index (κ2) is 7.30. The quantitative estimate of drug-likeness (QED) is 0.458. The molecular formula is C15H14ClF3NO2PS. The van der Waals surface area contributed by atoms with Crippen LogP contribution in [-0.4, -0.2) is 12.2 Å². The van der Waals surface area contributed by atoms with Crippen LogP contribution < -0.4 is 9.61 Å². The van der Waals surface area contributed by atoms with E-state index >= 15 is 0 Å². The van der Waals surface area contributed by atoms with Crippen molar-refractivity contribution in [2.45, 2.75) is 17.3 Å². The molecule has 0 bridgehead atoms. The smallest absolute Gasteiger partial charge is 0.427 e. The molecular weight excluding hydrogens is 382 g/mol. The molecule has 9 heteroatoms. The Hall–Kier alpha value is -1.30. The largest absolute Gasteiger partial charge is 0.446 e. The molecule has 0 radical (unpaired) electrons. The van der Waals surface area contributed by atoms with Crippen LogP contribution in [0.25, 0.3) is 0 Å². The summed E-state index contributed by atoms with van der Waals surface area (Å²) in [5, 5.41) is 3.01. The van der Waals surface area contributed by atoms with Gasteiger partial charge in [0.05, 0.1) is 5.02 Å². The summed E-state index contributed by atoms with van der Waals surface area (Å²) in [6, 6.07) is 10.5. The first-order valence-electron chi connectivity index (χ1n) is 6.71. The van der Waals surface area contributed by atoms with Gasteiger partial charge in [-0.15, -0.1) is 0 Å². The second-order valence-electron chi connectivity index (χ2n) is 5.06. The summed E-state index contributed by atoms with van der Waals surface area (Å²) < 4.78 is 54.9. The maximum absolute atomic E-state index is 12.6. The van der Waals surface area contributed by atoms with Gasteiger partial charge in [0.1, 0.15) is 5.75 Å². The van der Waals surface area contributed by atoms with Crippen molar-refractivity contribution in [3.8, 4) is 5.75 Å². The molecule has 1 atom stereocenters. The van der Waals surface area contributed by atoms with Gasteiger partial charge in [-0.3, -0.25) is 4.57 Å². The van der Waals surface area contributed by atoms with Gasteiger partial charge in [0.2, 0.25) is 0 Å². The van der Waals surface area contributed by atoms with Crippen molar-refractivity contribution in [3.05, 3.63) is 53.1 Å². The molecule has 0 aliphatic rings. The standard InChI is InChI=1S/C15H14ClF3NO2PS/c1-10-3-8-13(16)14(9-10)22-23(2,21)20-11-4-6-12(7-5-11)24-15(17,18)19/h3-9H,1-2H3,(H,20,21).